The first-order valence-corrected chi connectivity index (χ1v) is 22.6. The topological polar surface area (TPSA) is 151 Å². The average molecular weight is 991 g/mol. The molecule has 14 nitrogen and oxygen atoms in total. The van der Waals surface area contributed by atoms with Gasteiger partial charge >= 0.3 is 12.0 Å². The fraction of sp³-hybridized carbons (Fsp3) is 0.565. The van der Waals surface area contributed by atoms with Crippen molar-refractivity contribution in [3.8, 4) is 22.5 Å². The molecule has 2 N–H and O–H groups in total. The Morgan fingerprint density at radius 1 is 1.06 bits per heavy atom. The maximum Gasteiger partial charge on any atom is 0.324 e. The molecule has 3 aliphatic rings. The van der Waals surface area contributed by atoms with Gasteiger partial charge in [0.1, 0.15) is 18.1 Å². The maximum atomic E-state index is 14.5. The molecule has 0 unspecified atom stereocenters. The van der Waals surface area contributed by atoms with Crippen LogP contribution in [0.1, 0.15) is 96.0 Å². The number of hydrogen-bond donors (Lipinski definition) is 2. The van der Waals surface area contributed by atoms with Crippen molar-refractivity contribution in [1.29, 1.82) is 0 Å². The monoisotopic (exact) mass is 990 g/mol. The van der Waals surface area contributed by atoms with Crippen molar-refractivity contribution in [3.63, 3.8) is 0 Å². The van der Waals surface area contributed by atoms with Crippen molar-refractivity contribution in [2.45, 2.75) is 123 Å². The van der Waals surface area contributed by atoms with E-state index in [1.54, 1.807) is 32.3 Å². The highest BCUT2D eigenvalue weighted by atomic mass is 32.1. The summed E-state index contributed by atoms with van der Waals surface area (Å²) in [6, 6.07) is 7.78. The quantitative estimate of drug-likeness (QED) is 0.166. The zero-order valence-electron chi connectivity index (χ0n) is 39.1. The number of pyridine rings is 1. The first-order valence-electron chi connectivity index (χ1n) is 21.7. The van der Waals surface area contributed by atoms with Gasteiger partial charge in [0.05, 0.1) is 34.8 Å². The van der Waals surface area contributed by atoms with Crippen LogP contribution in [0.4, 0.5) is 4.79 Å². The van der Waals surface area contributed by atoms with Gasteiger partial charge in [-0.1, -0.05) is 33.8 Å². The standard InChI is InChI=1S/C46H62N8O6S.4H2S/c1-10-53-37-19-18-29-22-32(37)33(41(53)31-16-12-20-47-39(31)28(4)59-9)24-46(5,6)26-60-44(57)34-17-13-21-54(50-34)43(56)35(23-38-48-36(29)25-61-38)49-42(55)40(27(2)3)52(8)45(58)51(7)30-14-11-15-30;;;;/h12,16,18-20,22,25,27-28,30,34-35,40,50H,10-11,13-15,17,21,23-24,26H2,1-9H3,(H,49,55);4*1H2/t28-,34-,35-,40-;;;;/m0..../s1. The SMILES string of the molecule is CCn1c(-c2cccnc2[C@H](C)OC)c2c3cc(ccc31)-c1csc(n1)C[C@H](NC(=O)[C@H](C(C)C)N(C)C(=O)N(C)C1CCC1)C(=O)N1CCC[C@H](N1)C(=O)OCC(C)(C)C2.S.S.S.S. The van der Waals surface area contributed by atoms with E-state index in [0.29, 0.717) is 37.4 Å². The molecule has 0 spiro atoms. The predicted molar refractivity (Wildman–Crippen MR) is 278 cm³/mol. The van der Waals surface area contributed by atoms with Crippen molar-refractivity contribution in [1.82, 2.24) is 40.1 Å². The number of nitrogens with one attached hydrogen (secondary N) is 2. The van der Waals surface area contributed by atoms with Gasteiger partial charge in [-0.05, 0) is 88.1 Å². The second-order valence-corrected chi connectivity index (χ2v) is 19.0. The second kappa shape index (κ2) is 23.5. The van der Waals surface area contributed by atoms with E-state index in [1.165, 1.54) is 21.2 Å². The summed E-state index contributed by atoms with van der Waals surface area (Å²) < 4.78 is 14.2. The third-order valence-electron chi connectivity index (χ3n) is 12.7. The van der Waals surface area contributed by atoms with E-state index in [9.17, 15) is 19.2 Å². The summed E-state index contributed by atoms with van der Waals surface area (Å²) in [6.07, 6.45) is 6.29. The van der Waals surface area contributed by atoms with Crippen LogP contribution in [0.2, 0.25) is 0 Å². The molecule has 3 aromatic heterocycles. The molecule has 4 amide bonds. The Balaban J connectivity index is 0.00000281. The van der Waals surface area contributed by atoms with E-state index in [4.69, 9.17) is 19.4 Å². The fourth-order valence-corrected chi connectivity index (χ4v) is 9.90. The van der Waals surface area contributed by atoms with Gasteiger partial charge in [-0.25, -0.2) is 15.2 Å². The van der Waals surface area contributed by atoms with Gasteiger partial charge < -0.3 is 29.2 Å². The van der Waals surface area contributed by atoms with E-state index >= 15 is 0 Å². The highest BCUT2D eigenvalue weighted by molar-refractivity contribution is 7.59. The molecule has 7 rings (SSSR count). The maximum absolute atomic E-state index is 14.5. The minimum atomic E-state index is -1.03. The molecule has 360 valence electrons. The van der Waals surface area contributed by atoms with E-state index in [-0.39, 0.29) is 97.0 Å². The fourth-order valence-electron chi connectivity index (χ4n) is 9.04. The lowest BCUT2D eigenvalue weighted by atomic mass is 9.84. The Kier molecular flexibility index (Phi) is 20.2. The number of benzene rings is 1. The zero-order valence-corrected chi connectivity index (χ0v) is 43.9. The summed E-state index contributed by atoms with van der Waals surface area (Å²) in [5, 5.41) is 8.22. The van der Waals surface area contributed by atoms with Crippen LogP contribution in [-0.2, 0) is 43.2 Å². The summed E-state index contributed by atoms with van der Waals surface area (Å²) in [4.78, 5) is 69.4. The largest absolute Gasteiger partial charge is 0.464 e. The number of hydrazine groups is 1. The molecule has 0 radical (unpaired) electrons. The van der Waals surface area contributed by atoms with Crippen LogP contribution in [-0.4, -0.2) is 112 Å². The van der Waals surface area contributed by atoms with Gasteiger partial charge in [-0.2, -0.15) is 54.0 Å². The number of urea groups is 1. The van der Waals surface area contributed by atoms with Crippen LogP contribution in [0.5, 0.6) is 0 Å². The molecule has 6 bridgehead atoms. The Labute approximate surface area is 416 Å². The molecule has 2 fully saturated rings. The first-order chi connectivity index (χ1) is 29.1. The summed E-state index contributed by atoms with van der Waals surface area (Å²) in [6.45, 7) is 13.4. The number of esters is 1. The van der Waals surface area contributed by atoms with Gasteiger partial charge in [-0.15, -0.1) is 11.3 Å². The summed E-state index contributed by atoms with van der Waals surface area (Å²) in [5.74, 6) is -1.48. The van der Waals surface area contributed by atoms with Crippen LogP contribution in [0, 0.1) is 11.3 Å². The predicted octanol–water partition coefficient (Wildman–Crippen LogP) is 7.21. The van der Waals surface area contributed by atoms with Crippen LogP contribution in [0.25, 0.3) is 33.4 Å². The number of rotatable bonds is 9. The Bertz CT molecular complexity index is 2280. The molecule has 1 saturated heterocycles. The van der Waals surface area contributed by atoms with Crippen molar-refractivity contribution in [3.05, 3.63) is 58.2 Å². The van der Waals surface area contributed by atoms with Gasteiger partial charge in [-0.3, -0.25) is 24.4 Å². The first kappa shape index (κ1) is 55.9. The highest BCUT2D eigenvalue weighted by Gasteiger charge is 2.39. The number of carbonyl (C=O) groups is 4. The lowest BCUT2D eigenvalue weighted by Crippen LogP contribution is -2.62. The van der Waals surface area contributed by atoms with Crippen molar-refractivity contribution in [2.24, 2.45) is 11.3 Å². The number of methoxy groups -OCH3 is 1. The number of aromatic nitrogens is 3. The number of thiazole rings is 1. The summed E-state index contributed by atoms with van der Waals surface area (Å²) in [5.41, 5.74) is 9.41. The normalized spacial score (nSPS) is 19.4. The van der Waals surface area contributed by atoms with Crippen molar-refractivity contribution in [2.75, 3.05) is 34.4 Å². The van der Waals surface area contributed by atoms with E-state index in [2.05, 4.69) is 60.3 Å². The Morgan fingerprint density at radius 3 is 2.43 bits per heavy atom. The zero-order chi connectivity index (χ0) is 43.7. The van der Waals surface area contributed by atoms with Gasteiger partial charge in [0.25, 0.3) is 5.91 Å². The van der Waals surface area contributed by atoms with Crippen LogP contribution >= 0.6 is 65.3 Å². The highest BCUT2D eigenvalue weighted by Crippen LogP contribution is 2.42. The van der Waals surface area contributed by atoms with E-state index in [1.807, 2.05) is 32.2 Å². The number of carbonyl (C=O) groups excluding carboxylic acids is 4. The molecule has 2 aliphatic heterocycles. The van der Waals surface area contributed by atoms with Gasteiger partial charge in [0.15, 0.2) is 0 Å². The lowest BCUT2D eigenvalue weighted by Gasteiger charge is -2.40. The Morgan fingerprint density at radius 2 is 1.78 bits per heavy atom. The number of ether oxygens (including phenoxy) is 2. The van der Waals surface area contributed by atoms with Crippen LogP contribution in [0.3, 0.4) is 0 Å². The molecule has 4 aromatic rings. The molecular weight excluding hydrogens is 921 g/mol. The molecule has 1 saturated carbocycles. The molecule has 1 aliphatic carbocycles. The van der Waals surface area contributed by atoms with Gasteiger partial charge in [0, 0.05) is 85.8 Å². The minimum absolute atomic E-state index is 0. The lowest BCUT2D eigenvalue weighted by molar-refractivity contribution is -0.155. The van der Waals surface area contributed by atoms with Gasteiger partial charge in [0.2, 0.25) is 5.91 Å². The molecule has 4 atom stereocenters. The number of hydrogen-bond acceptors (Lipinski definition) is 10. The smallest absolute Gasteiger partial charge is 0.324 e. The number of aryl methyl sites for hydroxylation is 1. The number of likely N-dealkylation sites (N-methyl/N-ethyl adjacent to an activating group) is 1. The van der Waals surface area contributed by atoms with Crippen molar-refractivity contribution < 1.29 is 28.7 Å². The second-order valence-electron chi connectivity index (χ2n) is 18.0. The summed E-state index contributed by atoms with van der Waals surface area (Å²) >= 11 is 1.43. The average Bonchev–Trinajstić information content (AvgIpc) is 3.82. The minimum Gasteiger partial charge on any atom is -0.464 e. The molecule has 65 heavy (non-hydrogen) atoms. The number of amides is 4. The van der Waals surface area contributed by atoms with E-state index < -0.39 is 35.4 Å². The summed E-state index contributed by atoms with van der Waals surface area (Å²) in [7, 11) is 5.13. The number of nitrogens with zero attached hydrogens (tertiary/aromatic N) is 6. The number of fused-ring (bicyclic) bond motifs is 6. The van der Waals surface area contributed by atoms with Crippen LogP contribution in [0.15, 0.2) is 41.9 Å². The van der Waals surface area contributed by atoms with Crippen LogP contribution < -0.4 is 10.7 Å². The molecular formula is C46H70N8O6S5. The third kappa shape index (κ3) is 11.8. The van der Waals surface area contributed by atoms with Crippen molar-refractivity contribution >= 4 is 100 Å². The molecule has 5 heterocycles. The number of cyclic esters (lactones) is 1. The third-order valence-corrected chi connectivity index (χ3v) is 13.6. The molecule has 1 aromatic carbocycles. The Hall–Kier alpha value is -3.46. The van der Waals surface area contributed by atoms with E-state index in [0.717, 1.165) is 63.9 Å². The molecule has 19 heteroatoms.